The monoisotopic (exact) mass is 251 g/mol. The van der Waals surface area contributed by atoms with E-state index in [1.807, 2.05) is 6.07 Å². The highest BCUT2D eigenvalue weighted by atomic mass is 16.5. The third-order valence-electron chi connectivity index (χ3n) is 2.37. The van der Waals surface area contributed by atoms with Crippen LogP contribution in [-0.2, 0) is 9.59 Å². The van der Waals surface area contributed by atoms with Crippen molar-refractivity contribution in [2.45, 2.75) is 6.04 Å². The molecule has 0 saturated carbocycles. The molecule has 0 unspecified atom stereocenters. The summed E-state index contributed by atoms with van der Waals surface area (Å²) in [4.78, 5) is 24.9. The molecular weight excluding hydrogens is 234 g/mol. The van der Waals surface area contributed by atoms with E-state index in [2.05, 4.69) is 5.32 Å². The normalized spacial score (nSPS) is 11.7. The van der Waals surface area contributed by atoms with Crippen LogP contribution in [-0.4, -0.2) is 42.6 Å². The molecular formula is C12H17N3O3. The van der Waals surface area contributed by atoms with Crippen LogP contribution in [0.5, 0.6) is 0 Å². The summed E-state index contributed by atoms with van der Waals surface area (Å²) in [5.74, 6) is -0.686. The molecule has 1 rings (SSSR count). The lowest BCUT2D eigenvalue weighted by Crippen LogP contribution is -2.42. The van der Waals surface area contributed by atoms with Gasteiger partial charge in [-0.1, -0.05) is 30.3 Å². The molecule has 1 aromatic carbocycles. The van der Waals surface area contributed by atoms with Crippen molar-refractivity contribution in [3.63, 3.8) is 0 Å². The minimum absolute atomic E-state index is 0.229. The number of hydrogen-bond donors (Lipinski definition) is 3. The molecule has 2 amide bonds. The molecule has 0 radical (unpaired) electrons. The average molecular weight is 251 g/mol. The lowest BCUT2D eigenvalue weighted by Gasteiger charge is -2.22. The summed E-state index contributed by atoms with van der Waals surface area (Å²) in [5, 5.41) is 11.0. The molecule has 1 atom stereocenters. The standard InChI is InChI=1S/C12H17N3O3/c1-15(2)12(17)11(14-10(16)8-13-18)9-6-4-3-5-7-9/h3-7,11,13,18H,8H2,1-2H3,(H,14,16)/t11-/m0/s1. The summed E-state index contributed by atoms with van der Waals surface area (Å²) in [6.07, 6.45) is 0. The number of amides is 2. The highest BCUT2D eigenvalue weighted by Gasteiger charge is 2.23. The summed E-state index contributed by atoms with van der Waals surface area (Å²) in [6.45, 7) is -0.260. The zero-order valence-corrected chi connectivity index (χ0v) is 10.4. The van der Waals surface area contributed by atoms with Gasteiger partial charge in [0.2, 0.25) is 11.8 Å². The molecule has 0 heterocycles. The van der Waals surface area contributed by atoms with Crippen molar-refractivity contribution >= 4 is 11.8 Å². The molecule has 98 valence electrons. The minimum Gasteiger partial charge on any atom is -0.347 e. The van der Waals surface area contributed by atoms with Gasteiger partial charge in [0.05, 0.1) is 6.54 Å². The predicted molar refractivity (Wildman–Crippen MR) is 65.8 cm³/mol. The van der Waals surface area contributed by atoms with E-state index in [0.29, 0.717) is 5.56 Å². The SMILES string of the molecule is CN(C)C(=O)[C@@H](NC(=O)CNO)c1ccccc1. The van der Waals surface area contributed by atoms with Crippen molar-refractivity contribution < 1.29 is 14.8 Å². The van der Waals surface area contributed by atoms with Gasteiger partial charge in [-0.3, -0.25) is 9.59 Å². The summed E-state index contributed by atoms with van der Waals surface area (Å²) in [6, 6.07) is 8.20. The van der Waals surface area contributed by atoms with E-state index in [-0.39, 0.29) is 12.5 Å². The Morgan fingerprint density at radius 3 is 2.39 bits per heavy atom. The molecule has 1 aromatic rings. The van der Waals surface area contributed by atoms with Crippen molar-refractivity contribution in [2.75, 3.05) is 20.6 Å². The second-order valence-electron chi connectivity index (χ2n) is 3.98. The molecule has 6 nitrogen and oxygen atoms in total. The van der Waals surface area contributed by atoms with Crippen molar-refractivity contribution in [3.05, 3.63) is 35.9 Å². The lowest BCUT2D eigenvalue weighted by molar-refractivity contribution is -0.134. The van der Waals surface area contributed by atoms with E-state index in [1.165, 1.54) is 4.90 Å². The maximum absolute atomic E-state index is 12.0. The quantitative estimate of drug-likeness (QED) is 0.639. The average Bonchev–Trinajstić information content (AvgIpc) is 2.36. The number of hydroxylamine groups is 1. The van der Waals surface area contributed by atoms with Crippen LogP contribution in [0.1, 0.15) is 11.6 Å². The molecule has 0 spiro atoms. The largest absolute Gasteiger partial charge is 0.347 e. The highest BCUT2D eigenvalue weighted by molar-refractivity contribution is 5.89. The second-order valence-corrected chi connectivity index (χ2v) is 3.98. The molecule has 6 heteroatoms. The van der Waals surface area contributed by atoms with Gasteiger partial charge in [0, 0.05) is 14.1 Å². The van der Waals surface area contributed by atoms with Gasteiger partial charge in [0.25, 0.3) is 0 Å². The van der Waals surface area contributed by atoms with Gasteiger partial charge >= 0.3 is 0 Å². The Bertz CT molecular complexity index is 406. The van der Waals surface area contributed by atoms with Crippen LogP contribution < -0.4 is 10.8 Å². The summed E-state index contributed by atoms with van der Waals surface area (Å²) in [7, 11) is 3.24. The number of likely N-dealkylation sites (N-methyl/N-ethyl adjacent to an activating group) is 1. The Labute approximate surface area is 106 Å². The molecule has 0 aliphatic heterocycles. The molecule has 0 aliphatic carbocycles. The second kappa shape index (κ2) is 6.73. The number of carbonyl (C=O) groups is 2. The summed E-state index contributed by atoms with van der Waals surface area (Å²) < 4.78 is 0. The summed E-state index contributed by atoms with van der Waals surface area (Å²) >= 11 is 0. The van der Waals surface area contributed by atoms with E-state index in [0.717, 1.165) is 0 Å². The van der Waals surface area contributed by atoms with Gasteiger partial charge in [0.15, 0.2) is 0 Å². The van der Waals surface area contributed by atoms with Gasteiger partial charge in [-0.2, -0.15) is 5.48 Å². The first-order chi connectivity index (χ1) is 8.56. The number of nitrogens with one attached hydrogen (secondary N) is 2. The first-order valence-corrected chi connectivity index (χ1v) is 5.48. The van der Waals surface area contributed by atoms with Crippen molar-refractivity contribution in [2.24, 2.45) is 0 Å². The molecule has 3 N–H and O–H groups in total. The van der Waals surface area contributed by atoms with E-state index >= 15 is 0 Å². The van der Waals surface area contributed by atoms with Crippen molar-refractivity contribution in [1.29, 1.82) is 0 Å². The van der Waals surface area contributed by atoms with Gasteiger partial charge < -0.3 is 15.4 Å². The molecule has 0 bridgehead atoms. The molecule has 0 aromatic heterocycles. The Hall–Kier alpha value is -1.92. The fourth-order valence-electron chi connectivity index (χ4n) is 1.48. The van der Waals surface area contributed by atoms with Crippen LogP contribution in [0, 0.1) is 0 Å². The van der Waals surface area contributed by atoms with Crippen LogP contribution in [0.2, 0.25) is 0 Å². The van der Waals surface area contributed by atoms with Crippen LogP contribution in [0.25, 0.3) is 0 Å². The zero-order chi connectivity index (χ0) is 13.5. The number of benzene rings is 1. The Balaban J connectivity index is 2.89. The molecule has 0 aliphatic rings. The Morgan fingerprint density at radius 1 is 1.28 bits per heavy atom. The number of hydrogen-bond acceptors (Lipinski definition) is 4. The first-order valence-electron chi connectivity index (χ1n) is 5.48. The van der Waals surface area contributed by atoms with Crippen molar-refractivity contribution in [1.82, 2.24) is 15.7 Å². The number of carbonyl (C=O) groups excluding carboxylic acids is 2. The van der Waals surface area contributed by atoms with E-state index in [4.69, 9.17) is 5.21 Å². The fourth-order valence-corrected chi connectivity index (χ4v) is 1.48. The van der Waals surface area contributed by atoms with Crippen LogP contribution in [0.15, 0.2) is 30.3 Å². The third kappa shape index (κ3) is 3.83. The van der Waals surface area contributed by atoms with Gasteiger partial charge in [-0.15, -0.1) is 0 Å². The predicted octanol–water partition coefficient (Wildman–Crippen LogP) is -0.0891. The minimum atomic E-state index is -0.748. The summed E-state index contributed by atoms with van der Waals surface area (Å²) in [5.41, 5.74) is 2.45. The lowest BCUT2D eigenvalue weighted by atomic mass is 10.1. The molecule has 0 saturated heterocycles. The maximum Gasteiger partial charge on any atom is 0.249 e. The van der Waals surface area contributed by atoms with Gasteiger partial charge in [-0.25, -0.2) is 0 Å². The highest BCUT2D eigenvalue weighted by Crippen LogP contribution is 2.14. The third-order valence-corrected chi connectivity index (χ3v) is 2.37. The topological polar surface area (TPSA) is 81.7 Å². The van der Waals surface area contributed by atoms with Crippen molar-refractivity contribution in [3.8, 4) is 0 Å². The maximum atomic E-state index is 12.0. The zero-order valence-electron chi connectivity index (χ0n) is 10.4. The molecule has 18 heavy (non-hydrogen) atoms. The van der Waals surface area contributed by atoms with Gasteiger partial charge in [-0.05, 0) is 5.56 Å². The van der Waals surface area contributed by atoms with Crippen LogP contribution >= 0.6 is 0 Å². The molecule has 0 fully saturated rings. The van der Waals surface area contributed by atoms with E-state index in [9.17, 15) is 9.59 Å². The van der Waals surface area contributed by atoms with E-state index in [1.54, 1.807) is 43.8 Å². The van der Waals surface area contributed by atoms with Crippen LogP contribution in [0.3, 0.4) is 0 Å². The van der Waals surface area contributed by atoms with Crippen LogP contribution in [0.4, 0.5) is 0 Å². The smallest absolute Gasteiger partial charge is 0.249 e. The van der Waals surface area contributed by atoms with Gasteiger partial charge in [0.1, 0.15) is 6.04 Å². The fraction of sp³-hybridized carbons (Fsp3) is 0.333. The number of rotatable bonds is 5. The number of nitrogens with zero attached hydrogens (tertiary/aromatic N) is 1. The Kier molecular flexibility index (Phi) is 5.29. The Morgan fingerprint density at radius 2 is 1.89 bits per heavy atom. The van der Waals surface area contributed by atoms with E-state index < -0.39 is 11.9 Å². The first kappa shape index (κ1) is 14.1.